The minimum atomic E-state index is 0.936. The summed E-state index contributed by atoms with van der Waals surface area (Å²) < 4.78 is 0.936. The van der Waals surface area contributed by atoms with Crippen LogP contribution in [0.25, 0.3) is 0 Å². The van der Waals surface area contributed by atoms with Crippen LogP contribution >= 0.6 is 21.6 Å². The van der Waals surface area contributed by atoms with E-state index < -0.39 is 0 Å². The Morgan fingerprint density at radius 1 is 1.50 bits per heavy atom. The van der Waals surface area contributed by atoms with Crippen molar-refractivity contribution in [2.45, 2.75) is 24.3 Å². The average molecular weight is 146 g/mol. The zero-order chi connectivity index (χ0) is 5.82. The van der Waals surface area contributed by atoms with Crippen LogP contribution in [0.15, 0.2) is 12.2 Å². The molecule has 0 aliphatic carbocycles. The van der Waals surface area contributed by atoms with Crippen LogP contribution < -0.4 is 0 Å². The summed E-state index contributed by atoms with van der Waals surface area (Å²) in [6, 6.07) is 0. The molecule has 0 bridgehead atoms. The highest BCUT2D eigenvalue weighted by Crippen LogP contribution is 2.55. The molecule has 0 radical (unpaired) electrons. The van der Waals surface area contributed by atoms with Gasteiger partial charge in [-0.2, -0.15) is 0 Å². The minimum absolute atomic E-state index is 0.936. The lowest BCUT2D eigenvalue weighted by molar-refractivity contribution is 0.951. The molecule has 1 heterocycles. The summed E-state index contributed by atoms with van der Waals surface area (Å²) in [5, 5.41) is 0. The molecule has 1 aliphatic rings. The van der Waals surface area contributed by atoms with Gasteiger partial charge in [0.25, 0.3) is 0 Å². The summed E-state index contributed by atoms with van der Waals surface area (Å²) in [6.45, 7) is 2.08. The van der Waals surface area contributed by atoms with E-state index in [4.69, 9.17) is 0 Å². The third-order valence-corrected chi connectivity index (χ3v) is 3.37. The summed E-state index contributed by atoms with van der Waals surface area (Å²) in [7, 11) is 4.00. The molecule has 0 amide bonds. The average Bonchev–Trinajstić information content (AvgIpc) is 2.51. The third kappa shape index (κ3) is 2.68. The Morgan fingerprint density at radius 3 is 2.75 bits per heavy atom. The van der Waals surface area contributed by atoms with Gasteiger partial charge in [0, 0.05) is 0 Å². The molecule has 0 unspecified atom stereocenters. The summed E-state index contributed by atoms with van der Waals surface area (Å²) >= 11 is 0. The van der Waals surface area contributed by atoms with Gasteiger partial charge in [0.2, 0.25) is 0 Å². The smallest absolute Gasteiger partial charge is 0.0713 e. The first-order valence-electron chi connectivity index (χ1n) is 2.87. The monoisotopic (exact) mass is 146 g/mol. The molecular weight excluding hydrogens is 136 g/mol. The first kappa shape index (κ1) is 6.56. The van der Waals surface area contributed by atoms with Crippen molar-refractivity contribution in [2.75, 3.05) is 0 Å². The Bertz CT molecular complexity index is 84.5. The maximum Gasteiger partial charge on any atom is 0.0713 e. The van der Waals surface area contributed by atoms with Crippen LogP contribution in [0.1, 0.15) is 19.8 Å². The van der Waals surface area contributed by atoms with Gasteiger partial charge < -0.3 is 0 Å². The number of hydrogen-bond donors (Lipinski definition) is 0. The van der Waals surface area contributed by atoms with Crippen LogP contribution in [-0.2, 0) is 0 Å². The van der Waals surface area contributed by atoms with E-state index in [0.29, 0.717) is 0 Å². The molecule has 8 heavy (non-hydrogen) atoms. The Labute approximate surface area is 58.5 Å². The van der Waals surface area contributed by atoms with Gasteiger partial charge in [-0.25, -0.2) is 0 Å². The van der Waals surface area contributed by atoms with E-state index >= 15 is 0 Å². The maximum atomic E-state index is 2.24. The van der Waals surface area contributed by atoms with Crippen molar-refractivity contribution >= 4 is 21.6 Å². The predicted molar refractivity (Wildman–Crippen MR) is 43.0 cm³/mol. The standard InChI is InChI=1S/C6H10S2/c1-2-3-4-5-6-7-8-6/h2-3,6H,4-5H2,1H3/b3-2-. The third-order valence-electron chi connectivity index (χ3n) is 1.04. The zero-order valence-electron chi connectivity index (χ0n) is 4.96. The van der Waals surface area contributed by atoms with Gasteiger partial charge in [0.15, 0.2) is 0 Å². The Kier molecular flexibility index (Phi) is 2.84. The second kappa shape index (κ2) is 3.46. The van der Waals surface area contributed by atoms with E-state index in [2.05, 4.69) is 19.1 Å². The van der Waals surface area contributed by atoms with Crippen LogP contribution in [0.4, 0.5) is 0 Å². The highest BCUT2D eigenvalue weighted by Gasteiger charge is 2.22. The number of rotatable bonds is 3. The highest BCUT2D eigenvalue weighted by molar-refractivity contribution is 8.92. The lowest BCUT2D eigenvalue weighted by Gasteiger charge is -1.83. The second-order valence-corrected chi connectivity index (χ2v) is 4.74. The lowest BCUT2D eigenvalue weighted by Crippen LogP contribution is -1.74. The summed E-state index contributed by atoms with van der Waals surface area (Å²) in [5.74, 6) is 0. The molecule has 1 fully saturated rings. The molecule has 0 aromatic carbocycles. The van der Waals surface area contributed by atoms with E-state index in [1.165, 1.54) is 12.8 Å². The molecule has 0 atom stereocenters. The van der Waals surface area contributed by atoms with Crippen molar-refractivity contribution in [2.24, 2.45) is 0 Å². The van der Waals surface area contributed by atoms with Crippen molar-refractivity contribution in [3.8, 4) is 0 Å². The molecule has 2 heteroatoms. The molecular formula is C6H10S2. The molecule has 0 aromatic heterocycles. The fraction of sp³-hybridized carbons (Fsp3) is 0.667. The minimum Gasteiger partial charge on any atom is -0.0917 e. The maximum absolute atomic E-state index is 2.24. The first-order valence-corrected chi connectivity index (χ1v) is 5.14. The van der Waals surface area contributed by atoms with Crippen LogP contribution in [0.3, 0.4) is 0 Å². The lowest BCUT2D eigenvalue weighted by atomic mass is 10.3. The SMILES string of the molecule is C/C=C\CCC1SS1. The molecule has 1 saturated heterocycles. The zero-order valence-corrected chi connectivity index (χ0v) is 6.60. The summed E-state index contributed by atoms with van der Waals surface area (Å²) in [4.78, 5) is 0. The summed E-state index contributed by atoms with van der Waals surface area (Å²) in [6.07, 6.45) is 6.98. The molecule has 0 N–H and O–H groups in total. The van der Waals surface area contributed by atoms with Crippen molar-refractivity contribution < 1.29 is 0 Å². The fourth-order valence-electron chi connectivity index (χ4n) is 0.534. The Morgan fingerprint density at radius 2 is 2.25 bits per heavy atom. The van der Waals surface area contributed by atoms with Crippen molar-refractivity contribution in [3.05, 3.63) is 12.2 Å². The Hall–Kier alpha value is 0.440. The molecule has 1 aliphatic heterocycles. The number of allylic oxidation sites excluding steroid dienone is 2. The van der Waals surface area contributed by atoms with Crippen LogP contribution in [0, 0.1) is 0 Å². The summed E-state index contributed by atoms with van der Waals surface area (Å²) in [5.41, 5.74) is 0. The molecule has 0 saturated carbocycles. The topological polar surface area (TPSA) is 0 Å². The van der Waals surface area contributed by atoms with Gasteiger partial charge in [-0.3, -0.25) is 0 Å². The predicted octanol–water partition coefficient (Wildman–Crippen LogP) is 3.06. The van der Waals surface area contributed by atoms with Crippen molar-refractivity contribution in [1.82, 2.24) is 0 Å². The van der Waals surface area contributed by atoms with E-state index in [-0.39, 0.29) is 0 Å². The van der Waals surface area contributed by atoms with Crippen LogP contribution in [-0.4, -0.2) is 4.58 Å². The van der Waals surface area contributed by atoms with Gasteiger partial charge in [-0.15, -0.1) is 0 Å². The Balaban J connectivity index is 1.88. The van der Waals surface area contributed by atoms with Crippen LogP contribution in [0.2, 0.25) is 0 Å². The number of hydrogen-bond acceptors (Lipinski definition) is 2. The van der Waals surface area contributed by atoms with E-state index in [1.54, 1.807) is 0 Å². The van der Waals surface area contributed by atoms with Crippen molar-refractivity contribution in [3.63, 3.8) is 0 Å². The van der Waals surface area contributed by atoms with Gasteiger partial charge in [0.1, 0.15) is 0 Å². The van der Waals surface area contributed by atoms with Crippen LogP contribution in [0.5, 0.6) is 0 Å². The largest absolute Gasteiger partial charge is 0.0917 e. The normalized spacial score (nSPS) is 20.1. The molecule has 0 spiro atoms. The molecule has 0 nitrogen and oxygen atoms in total. The molecule has 1 rings (SSSR count). The molecule has 0 aromatic rings. The quantitative estimate of drug-likeness (QED) is 0.341. The van der Waals surface area contributed by atoms with E-state index in [0.717, 1.165) is 4.58 Å². The van der Waals surface area contributed by atoms with Gasteiger partial charge in [0.05, 0.1) is 4.58 Å². The van der Waals surface area contributed by atoms with Gasteiger partial charge >= 0.3 is 0 Å². The second-order valence-electron chi connectivity index (χ2n) is 1.77. The van der Waals surface area contributed by atoms with Gasteiger partial charge in [-0.1, -0.05) is 33.7 Å². The van der Waals surface area contributed by atoms with E-state index in [9.17, 15) is 0 Å². The first-order chi connectivity index (χ1) is 3.93. The fourth-order valence-corrected chi connectivity index (χ4v) is 1.89. The van der Waals surface area contributed by atoms with Gasteiger partial charge in [-0.05, 0) is 19.8 Å². The highest BCUT2D eigenvalue weighted by atomic mass is 33.2. The molecule has 46 valence electrons. The van der Waals surface area contributed by atoms with E-state index in [1.807, 2.05) is 21.6 Å². The van der Waals surface area contributed by atoms with Crippen molar-refractivity contribution in [1.29, 1.82) is 0 Å².